The number of nitrogens with two attached hydrogens (primary N) is 1. The summed E-state index contributed by atoms with van der Waals surface area (Å²) in [6, 6.07) is -3.84. The number of carbonyl (C=O) groups excluding carboxylic acids is 6. The maximum absolute atomic E-state index is 14.2. The SMILES string of the molecule is C[C@@H]1[C@H]2CN(C(=O)C(NC(=O)N[C@H](COC(=O)OCC3CC3)C3CCCC3)C(C)(C)C)C(C(=O)NC(CC3CCC3)C(=O)C(N)=O)[C@@H]12. The van der Waals surface area contributed by atoms with Crippen LogP contribution in [0.15, 0.2) is 0 Å². The number of ketones is 1. The second kappa shape index (κ2) is 14.4. The van der Waals surface area contributed by atoms with Crippen molar-refractivity contribution in [2.45, 2.75) is 116 Å². The van der Waals surface area contributed by atoms with Gasteiger partial charge in [-0.3, -0.25) is 19.2 Å². The van der Waals surface area contributed by atoms with Crippen molar-refractivity contribution in [1.29, 1.82) is 0 Å². The van der Waals surface area contributed by atoms with Crippen molar-refractivity contribution in [3.63, 3.8) is 0 Å². The van der Waals surface area contributed by atoms with Crippen LogP contribution in [-0.4, -0.2) is 84.5 Å². The summed E-state index contributed by atoms with van der Waals surface area (Å²) in [5.74, 6) is -1.75. The second-order valence-corrected chi connectivity index (χ2v) is 15.7. The molecule has 0 spiro atoms. The predicted molar refractivity (Wildman–Crippen MR) is 170 cm³/mol. The molecule has 5 amide bonds. The number of nitrogens with zero attached hydrogens (tertiary/aromatic N) is 1. The van der Waals surface area contributed by atoms with Gasteiger partial charge in [0.25, 0.3) is 5.91 Å². The number of piperidine rings is 1. The van der Waals surface area contributed by atoms with Crippen LogP contribution in [0.1, 0.15) is 91.9 Å². The average molecular weight is 660 g/mol. The molecule has 5 rings (SSSR count). The van der Waals surface area contributed by atoms with Crippen molar-refractivity contribution in [2.75, 3.05) is 19.8 Å². The van der Waals surface area contributed by atoms with E-state index in [4.69, 9.17) is 15.2 Å². The zero-order chi connectivity index (χ0) is 34.0. The van der Waals surface area contributed by atoms with Crippen molar-refractivity contribution < 1.29 is 38.2 Å². The van der Waals surface area contributed by atoms with E-state index in [0.29, 0.717) is 25.5 Å². The van der Waals surface area contributed by atoms with E-state index in [1.165, 1.54) is 4.90 Å². The number of likely N-dealkylation sites (tertiary alicyclic amines) is 1. The Balaban J connectivity index is 1.25. The van der Waals surface area contributed by atoms with E-state index in [1.807, 2.05) is 27.7 Å². The van der Waals surface area contributed by atoms with Crippen molar-refractivity contribution in [3.8, 4) is 0 Å². The van der Waals surface area contributed by atoms with E-state index in [-0.39, 0.29) is 42.1 Å². The minimum absolute atomic E-state index is 0.0304. The molecule has 4 aliphatic carbocycles. The third-order valence-electron chi connectivity index (χ3n) is 11.2. The van der Waals surface area contributed by atoms with E-state index in [1.54, 1.807) is 0 Å². The third kappa shape index (κ3) is 8.56. The molecule has 0 bridgehead atoms. The first-order valence-corrected chi connectivity index (χ1v) is 17.6. The Labute approximate surface area is 277 Å². The van der Waals surface area contributed by atoms with Gasteiger partial charge in [-0.15, -0.1) is 0 Å². The van der Waals surface area contributed by atoms with Crippen LogP contribution in [0.25, 0.3) is 0 Å². The number of fused-ring (bicyclic) bond motifs is 1. The number of ether oxygens (including phenoxy) is 2. The summed E-state index contributed by atoms with van der Waals surface area (Å²) in [7, 11) is 0. The molecule has 5 aliphatic rings. The molecule has 0 radical (unpaired) electrons. The first-order valence-electron chi connectivity index (χ1n) is 17.6. The zero-order valence-corrected chi connectivity index (χ0v) is 28.3. The Morgan fingerprint density at radius 1 is 0.872 bits per heavy atom. The minimum Gasteiger partial charge on any atom is -0.434 e. The van der Waals surface area contributed by atoms with Gasteiger partial charge in [0, 0.05) is 6.54 Å². The number of rotatable bonds is 14. The lowest BCUT2D eigenvalue weighted by atomic mass is 9.80. The van der Waals surface area contributed by atoms with Gasteiger partial charge in [0.2, 0.25) is 17.6 Å². The maximum atomic E-state index is 14.2. The molecule has 5 fully saturated rings. The molecule has 7 atom stereocenters. The molecule has 13 heteroatoms. The highest BCUT2D eigenvalue weighted by Gasteiger charge is 2.63. The number of Topliss-reactive ketones (excluding diaryl/α,β-unsaturated/α-hetero) is 1. The lowest BCUT2D eigenvalue weighted by Crippen LogP contribution is -2.62. The fourth-order valence-corrected chi connectivity index (χ4v) is 7.68. The van der Waals surface area contributed by atoms with Gasteiger partial charge in [0.1, 0.15) is 18.7 Å². The van der Waals surface area contributed by atoms with Gasteiger partial charge >= 0.3 is 12.2 Å². The molecule has 1 heterocycles. The van der Waals surface area contributed by atoms with Gasteiger partial charge in [-0.2, -0.15) is 0 Å². The van der Waals surface area contributed by atoms with Crippen LogP contribution in [0.2, 0.25) is 0 Å². The standard InChI is InChI=1S/C34H53N5O8/c1-18-22-15-39(26(25(18)22)30(42)36-23(27(40)29(35)41)14-19-8-7-9-19)31(43)28(34(2,3)4)38-32(44)37-24(21-10-5-6-11-21)17-47-33(45)46-16-20-12-13-20/h18-26,28H,5-17H2,1-4H3,(H2,35,41)(H,36,42)(H2,37,38,44)/t18-,22-,23?,24-,25+,26?,28?/m1/s1. The average Bonchev–Trinajstić information content (AvgIpc) is 3.77. The molecule has 4 saturated carbocycles. The van der Waals surface area contributed by atoms with Crippen LogP contribution in [0.5, 0.6) is 0 Å². The molecule has 13 nitrogen and oxygen atoms in total. The molecule has 3 unspecified atom stereocenters. The van der Waals surface area contributed by atoms with Crippen molar-refractivity contribution in [2.24, 2.45) is 46.7 Å². The van der Waals surface area contributed by atoms with Crippen LogP contribution in [0, 0.1) is 40.9 Å². The summed E-state index contributed by atoms with van der Waals surface area (Å²) >= 11 is 0. The predicted octanol–water partition coefficient (Wildman–Crippen LogP) is 2.64. The van der Waals surface area contributed by atoms with Gasteiger partial charge < -0.3 is 36.1 Å². The topological polar surface area (TPSA) is 186 Å². The van der Waals surface area contributed by atoms with Crippen molar-refractivity contribution >= 4 is 35.7 Å². The maximum Gasteiger partial charge on any atom is 0.508 e. The summed E-state index contributed by atoms with van der Waals surface area (Å²) in [5.41, 5.74) is 4.61. The number of primary amides is 1. The first-order chi connectivity index (χ1) is 22.2. The highest BCUT2D eigenvalue weighted by atomic mass is 16.7. The molecule has 1 aliphatic heterocycles. The molecular formula is C34H53N5O8. The lowest BCUT2D eigenvalue weighted by molar-refractivity contribution is -0.144. The number of nitrogens with one attached hydrogen (secondary N) is 3. The molecule has 5 N–H and O–H groups in total. The zero-order valence-electron chi connectivity index (χ0n) is 28.3. The lowest BCUT2D eigenvalue weighted by Gasteiger charge is -2.37. The first kappa shape index (κ1) is 34.9. The summed E-state index contributed by atoms with van der Waals surface area (Å²) in [6.45, 7) is 8.25. The molecule has 262 valence electrons. The van der Waals surface area contributed by atoms with Crippen LogP contribution in [0.4, 0.5) is 9.59 Å². The van der Waals surface area contributed by atoms with E-state index in [2.05, 4.69) is 16.0 Å². The Morgan fingerprint density at radius 2 is 1.55 bits per heavy atom. The molecule has 0 aromatic heterocycles. The number of urea groups is 1. The molecule has 0 aromatic carbocycles. The van der Waals surface area contributed by atoms with Gasteiger partial charge in [-0.05, 0) is 73.0 Å². The fraction of sp³-hybridized carbons (Fsp3) is 0.824. The largest absolute Gasteiger partial charge is 0.508 e. The number of carbonyl (C=O) groups is 6. The number of hydrogen-bond donors (Lipinski definition) is 4. The summed E-state index contributed by atoms with van der Waals surface area (Å²) in [6.07, 6.45) is 8.39. The van der Waals surface area contributed by atoms with Gasteiger partial charge in [0.15, 0.2) is 0 Å². The van der Waals surface area contributed by atoms with Crippen LogP contribution in [0.3, 0.4) is 0 Å². The molecular weight excluding hydrogens is 606 g/mol. The normalized spacial score (nSPS) is 27.4. The highest BCUT2D eigenvalue weighted by Crippen LogP contribution is 2.55. The summed E-state index contributed by atoms with van der Waals surface area (Å²) in [5, 5.41) is 8.63. The van der Waals surface area contributed by atoms with Crippen molar-refractivity contribution in [3.05, 3.63) is 0 Å². The molecule has 0 aromatic rings. The van der Waals surface area contributed by atoms with Gasteiger partial charge in [-0.1, -0.05) is 59.8 Å². The van der Waals surface area contributed by atoms with E-state index in [0.717, 1.165) is 57.8 Å². The van der Waals surface area contributed by atoms with Gasteiger partial charge in [-0.25, -0.2) is 9.59 Å². The smallest absolute Gasteiger partial charge is 0.434 e. The Kier molecular flexibility index (Phi) is 10.7. The van der Waals surface area contributed by atoms with E-state index in [9.17, 15) is 28.8 Å². The molecule has 47 heavy (non-hydrogen) atoms. The highest BCUT2D eigenvalue weighted by molar-refractivity contribution is 6.37. The Morgan fingerprint density at radius 3 is 2.13 bits per heavy atom. The Bertz CT molecular complexity index is 1220. The van der Waals surface area contributed by atoms with Gasteiger partial charge in [0.05, 0.1) is 18.7 Å². The van der Waals surface area contributed by atoms with Crippen LogP contribution < -0.4 is 21.7 Å². The number of hydrogen-bond acceptors (Lipinski definition) is 8. The van der Waals surface area contributed by atoms with E-state index >= 15 is 0 Å². The molecule has 1 saturated heterocycles. The summed E-state index contributed by atoms with van der Waals surface area (Å²) < 4.78 is 10.6. The second-order valence-electron chi connectivity index (χ2n) is 15.7. The quantitative estimate of drug-likeness (QED) is 0.162. The number of amides is 5. The monoisotopic (exact) mass is 659 g/mol. The van der Waals surface area contributed by atoms with E-state index < -0.39 is 59.4 Å². The fourth-order valence-electron chi connectivity index (χ4n) is 7.68. The summed E-state index contributed by atoms with van der Waals surface area (Å²) in [4.78, 5) is 79.7. The Hall–Kier alpha value is -3.38. The minimum atomic E-state index is -1.09. The third-order valence-corrected chi connectivity index (χ3v) is 11.2. The van der Waals surface area contributed by atoms with Crippen LogP contribution in [-0.2, 0) is 28.7 Å². The van der Waals surface area contributed by atoms with Crippen LogP contribution >= 0.6 is 0 Å². The van der Waals surface area contributed by atoms with Crippen molar-refractivity contribution in [1.82, 2.24) is 20.9 Å².